The van der Waals surface area contributed by atoms with Crippen LogP contribution in [0.1, 0.15) is 59.8 Å². The van der Waals surface area contributed by atoms with Crippen LogP contribution >= 0.6 is 0 Å². The van der Waals surface area contributed by atoms with Gasteiger partial charge in [0, 0.05) is 6.42 Å². The zero-order valence-electron chi connectivity index (χ0n) is 11.3. The molecule has 0 amide bonds. The molecule has 0 radical (unpaired) electrons. The summed E-state index contributed by atoms with van der Waals surface area (Å²) in [5.41, 5.74) is 0.362. The van der Waals surface area contributed by atoms with Crippen molar-refractivity contribution in [1.82, 2.24) is 0 Å². The predicted octanol–water partition coefficient (Wildman–Crippen LogP) is 4.37. The van der Waals surface area contributed by atoms with Gasteiger partial charge in [-0.3, -0.25) is 4.79 Å². The van der Waals surface area contributed by atoms with Crippen LogP contribution in [0.5, 0.6) is 0 Å². The van der Waals surface area contributed by atoms with E-state index in [9.17, 15) is 4.79 Å². The Kier molecular flexibility index (Phi) is 4.76. The van der Waals surface area contributed by atoms with Crippen molar-refractivity contribution in [2.45, 2.75) is 59.8 Å². The van der Waals surface area contributed by atoms with Crippen molar-refractivity contribution in [3.8, 4) is 0 Å². The summed E-state index contributed by atoms with van der Waals surface area (Å²) in [6.45, 7) is 9.04. The highest BCUT2D eigenvalue weighted by molar-refractivity contribution is 5.89. The van der Waals surface area contributed by atoms with Crippen LogP contribution < -0.4 is 0 Å². The third kappa shape index (κ3) is 3.47. The van der Waals surface area contributed by atoms with E-state index in [2.05, 4.69) is 33.8 Å². The van der Waals surface area contributed by atoms with Crippen LogP contribution in [-0.2, 0) is 4.79 Å². The monoisotopic (exact) mass is 222 g/mol. The molecular weight excluding hydrogens is 196 g/mol. The van der Waals surface area contributed by atoms with Crippen molar-refractivity contribution in [2.24, 2.45) is 17.3 Å². The van der Waals surface area contributed by atoms with Crippen LogP contribution in [0.15, 0.2) is 12.2 Å². The van der Waals surface area contributed by atoms with Crippen molar-refractivity contribution in [3.05, 3.63) is 12.2 Å². The average Bonchev–Trinajstić information content (AvgIpc) is 2.16. The molecule has 2 unspecified atom stereocenters. The molecule has 1 saturated carbocycles. The maximum absolute atomic E-state index is 11.5. The lowest BCUT2D eigenvalue weighted by molar-refractivity contribution is -0.114. The Labute approximate surface area is 100 Å². The minimum atomic E-state index is 0.288. The van der Waals surface area contributed by atoms with Crippen molar-refractivity contribution in [3.63, 3.8) is 0 Å². The van der Waals surface area contributed by atoms with Gasteiger partial charge in [-0.25, -0.2) is 0 Å². The van der Waals surface area contributed by atoms with Crippen molar-refractivity contribution in [2.75, 3.05) is 0 Å². The quantitative estimate of drug-likeness (QED) is 0.645. The largest absolute Gasteiger partial charge is 0.295 e. The molecule has 92 valence electrons. The van der Waals surface area contributed by atoms with Crippen LogP contribution in [-0.4, -0.2) is 5.78 Å². The number of hydrogen-bond donors (Lipinski definition) is 0. The second kappa shape index (κ2) is 5.65. The van der Waals surface area contributed by atoms with Gasteiger partial charge in [-0.05, 0) is 36.2 Å². The molecule has 1 aliphatic rings. The molecule has 0 aliphatic heterocycles. The number of carbonyl (C=O) groups excluding carboxylic acids is 1. The zero-order valence-corrected chi connectivity index (χ0v) is 11.3. The van der Waals surface area contributed by atoms with Crippen LogP contribution in [0.2, 0.25) is 0 Å². The second-order valence-electron chi connectivity index (χ2n) is 5.96. The van der Waals surface area contributed by atoms with Gasteiger partial charge < -0.3 is 0 Å². The number of carbonyl (C=O) groups is 1. The molecule has 0 heterocycles. The van der Waals surface area contributed by atoms with E-state index in [-0.39, 0.29) is 5.78 Å². The fraction of sp³-hybridized carbons (Fsp3) is 0.800. The summed E-state index contributed by atoms with van der Waals surface area (Å²) in [5.74, 6) is 1.58. The van der Waals surface area contributed by atoms with E-state index >= 15 is 0 Å². The molecule has 1 nitrogen and oxygen atoms in total. The first-order valence-corrected chi connectivity index (χ1v) is 6.68. The standard InChI is InChI=1S/C15H26O/c1-5-7-13(16)9-10-14-12(2)8-6-11-15(14,3)4/h9-10,12,14H,5-8,11H2,1-4H3. The Hall–Kier alpha value is -0.590. The predicted molar refractivity (Wildman–Crippen MR) is 69.3 cm³/mol. The first kappa shape index (κ1) is 13.5. The van der Waals surface area contributed by atoms with Crippen molar-refractivity contribution >= 4 is 5.78 Å². The fourth-order valence-electron chi connectivity index (χ4n) is 2.99. The molecule has 0 bridgehead atoms. The molecule has 0 N–H and O–H groups in total. The molecule has 0 spiro atoms. The van der Waals surface area contributed by atoms with Gasteiger partial charge in [0.2, 0.25) is 0 Å². The van der Waals surface area contributed by atoms with E-state index in [4.69, 9.17) is 0 Å². The molecule has 1 heteroatoms. The van der Waals surface area contributed by atoms with Gasteiger partial charge in [0.15, 0.2) is 5.78 Å². The highest BCUT2D eigenvalue weighted by Crippen LogP contribution is 2.44. The maximum Gasteiger partial charge on any atom is 0.155 e. The van der Waals surface area contributed by atoms with E-state index in [0.29, 0.717) is 17.8 Å². The number of hydrogen-bond acceptors (Lipinski definition) is 1. The van der Waals surface area contributed by atoms with E-state index < -0.39 is 0 Å². The van der Waals surface area contributed by atoms with E-state index in [1.165, 1.54) is 19.3 Å². The molecule has 1 rings (SSSR count). The lowest BCUT2D eigenvalue weighted by Crippen LogP contribution is -2.32. The topological polar surface area (TPSA) is 17.1 Å². The fourth-order valence-corrected chi connectivity index (χ4v) is 2.99. The maximum atomic E-state index is 11.5. The van der Waals surface area contributed by atoms with Crippen molar-refractivity contribution in [1.29, 1.82) is 0 Å². The summed E-state index contributed by atoms with van der Waals surface area (Å²) in [5, 5.41) is 0. The molecule has 0 aromatic rings. The third-order valence-corrected chi connectivity index (χ3v) is 3.98. The first-order valence-electron chi connectivity index (χ1n) is 6.68. The third-order valence-electron chi connectivity index (χ3n) is 3.98. The minimum Gasteiger partial charge on any atom is -0.295 e. The van der Waals surface area contributed by atoms with E-state index in [1.54, 1.807) is 0 Å². The highest BCUT2D eigenvalue weighted by Gasteiger charge is 2.34. The number of ketones is 1. The summed E-state index contributed by atoms with van der Waals surface area (Å²) in [7, 11) is 0. The van der Waals surface area contributed by atoms with Crippen LogP contribution in [0, 0.1) is 17.3 Å². The van der Waals surface area contributed by atoms with Crippen LogP contribution in [0.3, 0.4) is 0 Å². The van der Waals surface area contributed by atoms with E-state index in [1.807, 2.05) is 6.08 Å². The molecule has 0 aromatic heterocycles. The Morgan fingerprint density at radius 2 is 2.12 bits per heavy atom. The van der Waals surface area contributed by atoms with Gasteiger partial charge >= 0.3 is 0 Å². The zero-order chi connectivity index (χ0) is 12.2. The Morgan fingerprint density at radius 3 is 2.69 bits per heavy atom. The first-order chi connectivity index (χ1) is 7.47. The minimum absolute atomic E-state index is 0.288. The molecule has 1 aliphatic carbocycles. The molecule has 0 saturated heterocycles. The second-order valence-corrected chi connectivity index (χ2v) is 5.96. The van der Waals surface area contributed by atoms with Gasteiger partial charge in [0.25, 0.3) is 0 Å². The average molecular weight is 222 g/mol. The van der Waals surface area contributed by atoms with Gasteiger partial charge in [0.05, 0.1) is 0 Å². The van der Waals surface area contributed by atoms with Gasteiger partial charge in [-0.15, -0.1) is 0 Å². The van der Waals surface area contributed by atoms with Gasteiger partial charge in [0.1, 0.15) is 0 Å². The van der Waals surface area contributed by atoms with Crippen molar-refractivity contribution < 1.29 is 4.79 Å². The van der Waals surface area contributed by atoms with Crippen LogP contribution in [0.25, 0.3) is 0 Å². The molecular formula is C15H26O. The number of allylic oxidation sites excluding steroid dienone is 2. The normalized spacial score (nSPS) is 29.5. The van der Waals surface area contributed by atoms with Gasteiger partial charge in [-0.1, -0.05) is 46.6 Å². The summed E-state index contributed by atoms with van der Waals surface area (Å²) in [6.07, 6.45) is 9.58. The van der Waals surface area contributed by atoms with Crippen LogP contribution in [0.4, 0.5) is 0 Å². The lowest BCUT2D eigenvalue weighted by Gasteiger charge is -2.41. The molecule has 1 fully saturated rings. The Morgan fingerprint density at radius 1 is 1.44 bits per heavy atom. The summed E-state index contributed by atoms with van der Waals surface area (Å²) in [6, 6.07) is 0. The molecule has 16 heavy (non-hydrogen) atoms. The smallest absolute Gasteiger partial charge is 0.155 e. The summed E-state index contributed by atoms with van der Waals surface area (Å²) >= 11 is 0. The highest BCUT2D eigenvalue weighted by atomic mass is 16.1. The number of rotatable bonds is 4. The van der Waals surface area contributed by atoms with Gasteiger partial charge in [-0.2, -0.15) is 0 Å². The molecule has 2 atom stereocenters. The SMILES string of the molecule is CCCC(=O)C=CC1C(C)CCCC1(C)C. The summed E-state index contributed by atoms with van der Waals surface area (Å²) in [4.78, 5) is 11.5. The summed E-state index contributed by atoms with van der Waals surface area (Å²) < 4.78 is 0. The molecule has 0 aromatic carbocycles. The Bertz CT molecular complexity index is 263. The van der Waals surface area contributed by atoms with E-state index in [0.717, 1.165) is 12.3 Å². The Balaban J connectivity index is 2.65. The lowest BCUT2D eigenvalue weighted by atomic mass is 9.64.